The highest BCUT2D eigenvalue weighted by Gasteiger charge is 2.20. The Bertz CT molecular complexity index is 957. The minimum Gasteiger partial charge on any atom is -0.494 e. The van der Waals surface area contributed by atoms with Gasteiger partial charge < -0.3 is 9.84 Å². The number of aryl methyl sites for hydroxylation is 1. The van der Waals surface area contributed by atoms with Crippen LogP contribution in [0.25, 0.3) is 0 Å². The number of ether oxygens (including phenoxy) is 1. The van der Waals surface area contributed by atoms with Gasteiger partial charge in [-0.2, -0.15) is 0 Å². The fourth-order valence-electron chi connectivity index (χ4n) is 3.03. The number of aliphatic hydroxyl groups excluding tert-OH is 1. The molecule has 0 fully saturated rings. The molecule has 0 aliphatic rings. The average Bonchev–Trinajstić information content (AvgIpc) is 2.79. The van der Waals surface area contributed by atoms with Crippen LogP contribution in [0.1, 0.15) is 40.4 Å². The number of hydrogen-bond acceptors (Lipinski definition) is 4. The molecule has 30 heavy (non-hydrogen) atoms. The second kappa shape index (κ2) is 10.9. The van der Waals surface area contributed by atoms with E-state index in [1.165, 1.54) is 5.56 Å². The zero-order chi connectivity index (χ0) is 21.2. The molecule has 1 atom stereocenters. The van der Waals surface area contributed by atoms with E-state index in [9.17, 15) is 14.7 Å². The van der Waals surface area contributed by atoms with E-state index < -0.39 is 17.9 Å². The van der Waals surface area contributed by atoms with E-state index in [1.807, 2.05) is 18.2 Å². The standard InChI is InChI=1S/C25H25NO4/c27-23(20-13-5-2-6-14-20)25(29)26-24(28)21-15-9-16-22(18-21)30-17-8-7-12-19-10-3-1-4-11-19/h1-6,9-11,13-16,18,23,27H,7-8,12,17H2,(H,26,28,29). The van der Waals surface area contributed by atoms with Gasteiger partial charge in [0.1, 0.15) is 5.75 Å². The van der Waals surface area contributed by atoms with Crippen LogP contribution in [0.5, 0.6) is 5.75 Å². The second-order valence-corrected chi connectivity index (χ2v) is 6.95. The topological polar surface area (TPSA) is 75.6 Å². The Morgan fingerprint density at radius 2 is 1.57 bits per heavy atom. The number of hydrogen-bond donors (Lipinski definition) is 2. The number of aliphatic hydroxyl groups is 1. The third-order valence-corrected chi connectivity index (χ3v) is 4.67. The molecule has 0 bridgehead atoms. The van der Waals surface area contributed by atoms with Gasteiger partial charge in [0.05, 0.1) is 6.61 Å². The molecule has 3 rings (SSSR count). The number of rotatable bonds is 9. The molecule has 0 saturated carbocycles. The van der Waals surface area contributed by atoms with E-state index in [4.69, 9.17) is 4.74 Å². The predicted octanol–water partition coefficient (Wildman–Crippen LogP) is 4.08. The molecule has 0 heterocycles. The van der Waals surface area contributed by atoms with Crippen molar-refractivity contribution < 1.29 is 19.4 Å². The lowest BCUT2D eigenvalue weighted by molar-refractivity contribution is -0.128. The van der Waals surface area contributed by atoms with Crippen molar-refractivity contribution in [2.75, 3.05) is 6.61 Å². The number of nitrogens with one attached hydrogen (secondary N) is 1. The van der Waals surface area contributed by atoms with Gasteiger partial charge >= 0.3 is 0 Å². The monoisotopic (exact) mass is 403 g/mol. The number of carbonyl (C=O) groups is 2. The molecule has 5 heteroatoms. The van der Waals surface area contributed by atoms with Crippen LogP contribution < -0.4 is 10.1 Å². The normalized spacial score (nSPS) is 11.5. The van der Waals surface area contributed by atoms with E-state index >= 15 is 0 Å². The van der Waals surface area contributed by atoms with Gasteiger partial charge in [-0.25, -0.2) is 0 Å². The molecule has 0 aliphatic heterocycles. The summed E-state index contributed by atoms with van der Waals surface area (Å²) >= 11 is 0. The van der Waals surface area contributed by atoms with Crippen molar-refractivity contribution in [2.24, 2.45) is 0 Å². The zero-order valence-electron chi connectivity index (χ0n) is 16.7. The van der Waals surface area contributed by atoms with Crippen molar-refractivity contribution >= 4 is 11.8 Å². The van der Waals surface area contributed by atoms with Gasteiger partial charge in [0, 0.05) is 5.56 Å². The Labute approximate surface area is 176 Å². The molecule has 1 unspecified atom stereocenters. The van der Waals surface area contributed by atoms with Gasteiger partial charge in [-0.3, -0.25) is 14.9 Å². The molecule has 3 aromatic carbocycles. The van der Waals surface area contributed by atoms with Gasteiger partial charge in [0.2, 0.25) is 0 Å². The third-order valence-electron chi connectivity index (χ3n) is 4.67. The largest absolute Gasteiger partial charge is 0.494 e. The van der Waals surface area contributed by atoms with E-state index in [2.05, 4.69) is 17.4 Å². The molecule has 0 aliphatic carbocycles. The average molecular weight is 403 g/mol. The molecule has 2 N–H and O–H groups in total. The van der Waals surface area contributed by atoms with Crippen molar-refractivity contribution in [3.63, 3.8) is 0 Å². The highest BCUT2D eigenvalue weighted by molar-refractivity contribution is 6.06. The first-order valence-electron chi connectivity index (χ1n) is 9.98. The van der Waals surface area contributed by atoms with E-state index in [0.29, 0.717) is 23.5 Å². The zero-order valence-corrected chi connectivity index (χ0v) is 16.7. The molecule has 0 spiro atoms. The molecule has 3 aromatic rings. The van der Waals surface area contributed by atoms with Crippen molar-refractivity contribution in [3.05, 3.63) is 102 Å². The lowest BCUT2D eigenvalue weighted by Gasteiger charge is -2.11. The summed E-state index contributed by atoms with van der Waals surface area (Å²) in [4.78, 5) is 24.5. The Kier molecular flexibility index (Phi) is 7.75. The second-order valence-electron chi connectivity index (χ2n) is 6.95. The number of carbonyl (C=O) groups excluding carboxylic acids is 2. The van der Waals surface area contributed by atoms with Crippen molar-refractivity contribution in [2.45, 2.75) is 25.4 Å². The predicted molar refractivity (Wildman–Crippen MR) is 115 cm³/mol. The minimum absolute atomic E-state index is 0.297. The van der Waals surface area contributed by atoms with Gasteiger partial charge in [0.25, 0.3) is 11.8 Å². The summed E-state index contributed by atoms with van der Waals surface area (Å²) in [5.41, 5.74) is 2.03. The van der Waals surface area contributed by atoms with E-state index in [-0.39, 0.29) is 0 Å². The summed E-state index contributed by atoms with van der Waals surface area (Å²) in [5, 5.41) is 12.3. The quantitative estimate of drug-likeness (QED) is 0.528. The molecule has 0 radical (unpaired) electrons. The first kappa shape index (κ1) is 21.3. The van der Waals surface area contributed by atoms with Crippen LogP contribution in [0.2, 0.25) is 0 Å². The lowest BCUT2D eigenvalue weighted by Crippen LogP contribution is -2.34. The smallest absolute Gasteiger partial charge is 0.260 e. The van der Waals surface area contributed by atoms with Gasteiger partial charge in [-0.1, -0.05) is 66.7 Å². The van der Waals surface area contributed by atoms with Crippen LogP contribution in [-0.2, 0) is 11.2 Å². The number of imide groups is 1. The Hall–Kier alpha value is -3.44. The van der Waals surface area contributed by atoms with Crippen molar-refractivity contribution in [3.8, 4) is 5.75 Å². The summed E-state index contributed by atoms with van der Waals surface area (Å²) in [6, 6.07) is 25.4. The van der Waals surface area contributed by atoms with Crippen molar-refractivity contribution in [1.82, 2.24) is 5.32 Å². The summed E-state index contributed by atoms with van der Waals surface area (Å²) in [7, 11) is 0. The Morgan fingerprint density at radius 3 is 2.30 bits per heavy atom. The third kappa shape index (κ3) is 6.29. The Morgan fingerprint density at radius 1 is 0.867 bits per heavy atom. The molecular weight excluding hydrogens is 378 g/mol. The molecule has 0 aromatic heterocycles. The molecule has 154 valence electrons. The van der Waals surface area contributed by atoms with Crippen LogP contribution >= 0.6 is 0 Å². The van der Waals surface area contributed by atoms with Crippen LogP contribution in [-0.4, -0.2) is 23.5 Å². The maximum absolute atomic E-state index is 12.4. The van der Waals surface area contributed by atoms with E-state index in [1.54, 1.807) is 54.6 Å². The fraction of sp³-hybridized carbons (Fsp3) is 0.200. The highest BCUT2D eigenvalue weighted by Crippen LogP contribution is 2.16. The van der Waals surface area contributed by atoms with Gasteiger partial charge in [-0.15, -0.1) is 0 Å². The number of benzene rings is 3. The summed E-state index contributed by atoms with van der Waals surface area (Å²) in [5.74, 6) is -0.777. The minimum atomic E-state index is -1.40. The van der Waals surface area contributed by atoms with Crippen molar-refractivity contribution in [1.29, 1.82) is 0 Å². The van der Waals surface area contributed by atoms with Gasteiger partial charge in [-0.05, 0) is 48.6 Å². The van der Waals surface area contributed by atoms with Crippen LogP contribution in [0.3, 0.4) is 0 Å². The molecule has 5 nitrogen and oxygen atoms in total. The van der Waals surface area contributed by atoms with Crippen LogP contribution in [0.4, 0.5) is 0 Å². The lowest BCUT2D eigenvalue weighted by atomic mass is 10.1. The molecule has 2 amide bonds. The molecular formula is C25H25NO4. The summed E-state index contributed by atoms with van der Waals surface area (Å²) < 4.78 is 5.74. The number of unbranched alkanes of at least 4 members (excludes halogenated alkanes) is 1. The van der Waals surface area contributed by atoms with E-state index in [0.717, 1.165) is 19.3 Å². The maximum atomic E-state index is 12.4. The first-order valence-corrected chi connectivity index (χ1v) is 9.98. The SMILES string of the molecule is O=C(NC(=O)C(O)c1ccccc1)c1cccc(OCCCCc2ccccc2)c1. The van der Waals surface area contributed by atoms with Crippen LogP contribution in [0, 0.1) is 0 Å². The number of amides is 2. The maximum Gasteiger partial charge on any atom is 0.260 e. The highest BCUT2D eigenvalue weighted by atomic mass is 16.5. The first-order chi connectivity index (χ1) is 14.6. The molecule has 0 saturated heterocycles. The Balaban J connectivity index is 1.47. The summed E-state index contributed by atoms with van der Waals surface area (Å²) in [6.07, 6.45) is 1.50. The van der Waals surface area contributed by atoms with Crippen LogP contribution in [0.15, 0.2) is 84.9 Å². The van der Waals surface area contributed by atoms with Gasteiger partial charge in [0.15, 0.2) is 6.10 Å². The fourth-order valence-corrected chi connectivity index (χ4v) is 3.03. The summed E-state index contributed by atoms with van der Waals surface area (Å²) in [6.45, 7) is 0.545.